The monoisotopic (exact) mass is 1400 g/mol. The second kappa shape index (κ2) is 35.8. The third-order valence-electron chi connectivity index (χ3n) is 19.3. The van der Waals surface area contributed by atoms with Gasteiger partial charge >= 0.3 is 6.18 Å². The molecular formula is C68H99Cl2F3N12O12. The molecule has 0 bridgehead atoms. The summed E-state index contributed by atoms with van der Waals surface area (Å²) in [7, 11) is 10.7. The van der Waals surface area contributed by atoms with Crippen molar-refractivity contribution in [2.24, 2.45) is 17.8 Å². The number of carbonyl (C=O) groups is 12. The second-order valence-corrected chi connectivity index (χ2v) is 27.6. The summed E-state index contributed by atoms with van der Waals surface area (Å²) in [5.41, 5.74) is -0.481. The van der Waals surface area contributed by atoms with Gasteiger partial charge in [-0.2, -0.15) is 13.2 Å². The van der Waals surface area contributed by atoms with Crippen LogP contribution in [-0.4, -0.2) is 252 Å². The van der Waals surface area contributed by atoms with Crippen LogP contribution in [0.25, 0.3) is 0 Å². The minimum atomic E-state index is -4.79. The number of nitrogens with zero attached hydrogens (tertiary/aromatic N) is 9. The first-order valence-electron chi connectivity index (χ1n) is 33.2. The summed E-state index contributed by atoms with van der Waals surface area (Å²) in [5.74, 6) is -10.0. The Hall–Kier alpha value is -7.55. The van der Waals surface area contributed by atoms with Crippen LogP contribution in [-0.2, 0) is 76.6 Å². The number of hydrogen-bond acceptors (Lipinski definition) is 12. The lowest BCUT2D eigenvalue weighted by molar-refractivity contribution is -0.154. The molecule has 9 atom stereocenters. The summed E-state index contributed by atoms with van der Waals surface area (Å²) in [6, 6.07) is -1.39. The zero-order chi connectivity index (χ0) is 72.7. The highest BCUT2D eigenvalue weighted by Gasteiger charge is 2.44. The SMILES string of the molecule is CC[C@H](C)[C@@H]1NC(=O)[C@H](C)N(C)C(=O)CC(C(=O)N2CCCC2)N(C)C(=O)[C@H](C(C)C)N(C)C(=O)[C@@H](C)NC(=O)[C@H](Cc2ccccc2Cl)N(C)C(=O)[C@H](CCc2ccc(C(F)(F)F)c(Cl)c2)NC(=O)CN(C)C(=O)[C@H](CC2CCCCC2)N(C)C(=O)CN(C)C(=O)CN(C)C1=O. The Balaban J connectivity index is 1.61. The lowest BCUT2D eigenvalue weighted by atomic mass is 9.84. The maximum atomic E-state index is 15.2. The van der Waals surface area contributed by atoms with Gasteiger partial charge in [-0.25, -0.2) is 0 Å². The van der Waals surface area contributed by atoms with Crippen LogP contribution in [0, 0.1) is 17.8 Å². The summed E-state index contributed by atoms with van der Waals surface area (Å²) in [5, 5.41) is 7.74. The van der Waals surface area contributed by atoms with E-state index in [-0.39, 0.29) is 42.2 Å². The van der Waals surface area contributed by atoms with E-state index in [1.165, 1.54) is 86.1 Å². The Morgan fingerprint density at radius 2 is 1.22 bits per heavy atom. The standard InChI is InChI=1S/C68H99Cl2F3N12O12/c1-15-41(4)58-66(96)79(9)38-56(88)77(7)39-57(89)81(11)52(34-44-23-17-16-18-24-44)64(94)78(8)37-54(86)75-50(30-28-45-27-29-47(49(70)33-45)68(71,72)73)63(93)82(12)51(35-46-25-19-20-26-48(46)69)61(91)74-42(5)62(92)84(14)59(40(2)3)67(97)83(13)53(65(95)85-31-21-22-32-85)36-55(87)80(10)43(6)60(90)76-58/h19-20,25-27,29,33,40-44,50-53,58-59H,15-18,21-24,28,30-32,34-39H2,1-14H3,(H,74,91)(H,75,86)(H,76,90)/t41-,42+,43-,50-,51-,52-,53?,58-,59-/m0/s1. The molecule has 24 nitrogen and oxygen atoms in total. The molecule has 2 heterocycles. The Kier molecular flexibility index (Phi) is 29.6. The van der Waals surface area contributed by atoms with E-state index < -0.39 is 174 Å². The smallest absolute Gasteiger partial charge is 0.343 e. The second-order valence-electron chi connectivity index (χ2n) is 26.8. The van der Waals surface area contributed by atoms with Gasteiger partial charge in [-0.1, -0.05) is 114 Å². The van der Waals surface area contributed by atoms with Gasteiger partial charge in [0.1, 0.15) is 48.3 Å². The number of alkyl halides is 3. The van der Waals surface area contributed by atoms with E-state index in [9.17, 15) is 61.1 Å². The van der Waals surface area contributed by atoms with Crippen LogP contribution < -0.4 is 16.0 Å². The fourth-order valence-corrected chi connectivity index (χ4v) is 13.1. The quantitative estimate of drug-likeness (QED) is 0.272. The summed E-state index contributed by atoms with van der Waals surface area (Å²) in [4.78, 5) is 185. The molecule has 2 aliphatic heterocycles. The molecule has 12 amide bonds. The maximum Gasteiger partial charge on any atom is 0.417 e. The predicted octanol–water partition coefficient (Wildman–Crippen LogP) is 4.89. The number of rotatable bonds is 11. The van der Waals surface area contributed by atoms with Gasteiger partial charge in [-0.3, -0.25) is 57.5 Å². The molecule has 0 spiro atoms. The number of carbonyl (C=O) groups excluding carboxylic acids is 12. The van der Waals surface area contributed by atoms with Gasteiger partial charge in [0.15, 0.2) is 0 Å². The maximum absolute atomic E-state index is 15.2. The average Bonchev–Trinajstić information content (AvgIpc) is 1.47. The Morgan fingerprint density at radius 1 is 0.608 bits per heavy atom. The predicted molar refractivity (Wildman–Crippen MR) is 359 cm³/mol. The van der Waals surface area contributed by atoms with Gasteiger partial charge in [0, 0.05) is 80.9 Å². The fraction of sp³-hybridized carbons (Fsp3) is 0.647. The minimum absolute atomic E-state index is 0.00661. The van der Waals surface area contributed by atoms with Crippen molar-refractivity contribution in [2.45, 2.75) is 180 Å². The third kappa shape index (κ3) is 21.2. The van der Waals surface area contributed by atoms with Gasteiger partial charge < -0.3 is 60.0 Å². The van der Waals surface area contributed by atoms with E-state index in [4.69, 9.17) is 23.2 Å². The molecule has 1 aliphatic carbocycles. The molecule has 1 saturated carbocycles. The van der Waals surface area contributed by atoms with Gasteiger partial charge in [0.25, 0.3) is 0 Å². The summed E-state index contributed by atoms with van der Waals surface area (Å²) >= 11 is 12.8. The van der Waals surface area contributed by atoms with Gasteiger partial charge in [0.05, 0.1) is 36.6 Å². The largest absolute Gasteiger partial charge is 0.417 e. The van der Waals surface area contributed by atoms with Crippen LogP contribution in [0.4, 0.5) is 13.2 Å². The molecule has 3 N–H and O–H groups in total. The van der Waals surface area contributed by atoms with E-state index in [1.807, 2.05) is 0 Å². The third-order valence-corrected chi connectivity index (χ3v) is 20.0. The average molecular weight is 1400 g/mol. The molecule has 538 valence electrons. The molecule has 3 fully saturated rings. The number of halogens is 5. The van der Waals surface area contributed by atoms with Crippen LogP contribution in [0.15, 0.2) is 42.5 Å². The molecule has 2 aromatic carbocycles. The lowest BCUT2D eigenvalue weighted by Crippen LogP contribution is -2.61. The number of nitrogens with one attached hydrogen (secondary N) is 3. The molecule has 1 unspecified atom stereocenters. The van der Waals surface area contributed by atoms with E-state index in [0.29, 0.717) is 37.9 Å². The van der Waals surface area contributed by atoms with E-state index in [2.05, 4.69) is 16.0 Å². The first-order chi connectivity index (χ1) is 45.4. The zero-order valence-electron chi connectivity index (χ0n) is 58.4. The number of likely N-dealkylation sites (tertiary alicyclic amines) is 1. The van der Waals surface area contributed by atoms with Crippen LogP contribution in [0.3, 0.4) is 0 Å². The van der Waals surface area contributed by atoms with Crippen molar-refractivity contribution in [1.29, 1.82) is 0 Å². The number of benzene rings is 2. The van der Waals surface area contributed by atoms with Crippen molar-refractivity contribution in [3.63, 3.8) is 0 Å². The number of amides is 12. The first kappa shape index (κ1) is 80.1. The molecule has 2 saturated heterocycles. The molecule has 29 heteroatoms. The summed E-state index contributed by atoms with van der Waals surface area (Å²) in [6.45, 7) is 8.54. The fourth-order valence-electron chi connectivity index (χ4n) is 12.6. The first-order valence-corrected chi connectivity index (χ1v) is 34.0. The van der Waals surface area contributed by atoms with Gasteiger partial charge in [0.2, 0.25) is 70.9 Å². The van der Waals surface area contributed by atoms with Crippen LogP contribution >= 0.6 is 23.2 Å². The van der Waals surface area contributed by atoms with E-state index in [0.717, 1.165) is 78.5 Å². The van der Waals surface area contributed by atoms with Crippen LogP contribution in [0.5, 0.6) is 0 Å². The number of aryl methyl sites for hydroxylation is 1. The number of likely N-dealkylation sites (N-methyl/N-ethyl adjacent to an activating group) is 8. The zero-order valence-corrected chi connectivity index (χ0v) is 59.9. The Morgan fingerprint density at radius 3 is 1.80 bits per heavy atom. The molecule has 5 rings (SSSR count). The van der Waals surface area contributed by atoms with Crippen molar-refractivity contribution in [3.8, 4) is 0 Å². The number of hydrogen-bond donors (Lipinski definition) is 3. The van der Waals surface area contributed by atoms with E-state index in [1.54, 1.807) is 52.0 Å². The van der Waals surface area contributed by atoms with Crippen LogP contribution in [0.1, 0.15) is 129 Å². The topological polar surface area (TPSA) is 270 Å². The molecular weight excluding hydrogens is 1300 g/mol. The van der Waals surface area contributed by atoms with Crippen molar-refractivity contribution < 1.29 is 70.7 Å². The molecule has 0 aromatic heterocycles. The summed E-state index contributed by atoms with van der Waals surface area (Å²) in [6.07, 6.45) is 0.0193. The molecule has 3 aliphatic rings. The van der Waals surface area contributed by atoms with Crippen molar-refractivity contribution in [2.75, 3.05) is 89.1 Å². The van der Waals surface area contributed by atoms with Crippen molar-refractivity contribution in [3.05, 3.63) is 69.2 Å². The highest BCUT2D eigenvalue weighted by atomic mass is 35.5. The Labute approximate surface area is 577 Å². The van der Waals surface area contributed by atoms with E-state index >= 15 is 9.59 Å². The van der Waals surface area contributed by atoms with Crippen molar-refractivity contribution in [1.82, 2.24) is 60.0 Å². The highest BCUT2D eigenvalue weighted by molar-refractivity contribution is 6.31. The molecule has 0 radical (unpaired) electrons. The Bertz CT molecular complexity index is 3190. The van der Waals surface area contributed by atoms with Crippen LogP contribution in [0.2, 0.25) is 10.0 Å². The molecule has 97 heavy (non-hydrogen) atoms. The van der Waals surface area contributed by atoms with Gasteiger partial charge in [-0.15, -0.1) is 0 Å². The minimum Gasteiger partial charge on any atom is -0.343 e. The molecule has 2 aromatic rings. The highest BCUT2D eigenvalue weighted by Crippen LogP contribution is 2.36. The van der Waals surface area contributed by atoms with Gasteiger partial charge in [-0.05, 0) is 93.0 Å². The summed E-state index contributed by atoms with van der Waals surface area (Å²) < 4.78 is 41.6. The normalized spacial score (nSPS) is 25.1. The van der Waals surface area contributed by atoms with Crippen molar-refractivity contribution >= 4 is 94.1 Å². The lowest BCUT2D eigenvalue weighted by Gasteiger charge is -2.38.